The largest absolute Gasteiger partial charge is 0.352 e. The third kappa shape index (κ3) is 5.17. The minimum absolute atomic E-state index is 0.0804. The fourth-order valence-electron chi connectivity index (χ4n) is 3.22. The van der Waals surface area contributed by atoms with Gasteiger partial charge in [-0.15, -0.1) is 0 Å². The highest BCUT2D eigenvalue weighted by Gasteiger charge is 2.25. The summed E-state index contributed by atoms with van der Waals surface area (Å²) in [5, 5.41) is 2.87. The lowest BCUT2D eigenvalue weighted by Crippen LogP contribution is -2.35. The number of rotatable bonds is 6. The van der Waals surface area contributed by atoms with E-state index in [1.54, 1.807) is 22.5 Å². The van der Waals surface area contributed by atoms with Crippen molar-refractivity contribution < 1.29 is 13.2 Å². The number of sulfonamides is 1. The van der Waals surface area contributed by atoms with E-state index in [0.29, 0.717) is 31.0 Å². The first-order valence-corrected chi connectivity index (χ1v) is 10.8. The summed E-state index contributed by atoms with van der Waals surface area (Å²) in [6, 6.07) is 14.7. The fourth-order valence-corrected chi connectivity index (χ4v) is 4.81. The van der Waals surface area contributed by atoms with Crippen molar-refractivity contribution in [2.75, 3.05) is 13.1 Å². The Morgan fingerprint density at radius 3 is 2.41 bits per heavy atom. The Morgan fingerprint density at radius 1 is 1.00 bits per heavy atom. The predicted octanol–water partition coefficient (Wildman–Crippen LogP) is 3.03. The molecule has 0 aliphatic carbocycles. The Labute approximate surface area is 161 Å². The Hall–Kier alpha value is -2.18. The number of hydrogen-bond acceptors (Lipinski definition) is 3. The van der Waals surface area contributed by atoms with Crippen molar-refractivity contribution in [1.82, 2.24) is 9.62 Å². The van der Waals surface area contributed by atoms with Crippen LogP contribution in [-0.2, 0) is 27.8 Å². The van der Waals surface area contributed by atoms with E-state index in [1.807, 2.05) is 37.3 Å². The van der Waals surface area contributed by atoms with Crippen LogP contribution in [0.2, 0.25) is 0 Å². The summed E-state index contributed by atoms with van der Waals surface area (Å²) in [5.74, 6) is -0.0804. The van der Waals surface area contributed by atoms with E-state index in [9.17, 15) is 13.2 Å². The van der Waals surface area contributed by atoms with Crippen LogP contribution in [0.4, 0.5) is 0 Å². The van der Waals surface area contributed by atoms with Gasteiger partial charge in [-0.05, 0) is 43.0 Å². The molecular weight excluding hydrogens is 360 g/mol. The fraction of sp³-hybridized carbons (Fsp3) is 0.381. The summed E-state index contributed by atoms with van der Waals surface area (Å²) in [7, 11) is -3.46. The van der Waals surface area contributed by atoms with Crippen LogP contribution in [0, 0.1) is 6.92 Å². The van der Waals surface area contributed by atoms with Gasteiger partial charge >= 0.3 is 0 Å². The Morgan fingerprint density at radius 2 is 1.70 bits per heavy atom. The van der Waals surface area contributed by atoms with Crippen LogP contribution < -0.4 is 5.32 Å². The van der Waals surface area contributed by atoms with Crippen LogP contribution >= 0.6 is 0 Å². The molecule has 0 saturated carbocycles. The van der Waals surface area contributed by atoms with Crippen LogP contribution in [-0.4, -0.2) is 31.7 Å². The molecule has 0 spiro atoms. The lowest BCUT2D eigenvalue weighted by molar-refractivity contribution is -0.120. The van der Waals surface area contributed by atoms with Gasteiger partial charge in [0, 0.05) is 19.6 Å². The Balaban J connectivity index is 1.61. The third-order valence-corrected chi connectivity index (χ3v) is 6.72. The van der Waals surface area contributed by atoms with Gasteiger partial charge in [0.2, 0.25) is 15.9 Å². The van der Waals surface area contributed by atoms with Crippen LogP contribution in [0.25, 0.3) is 0 Å². The first-order chi connectivity index (χ1) is 12.9. The number of nitrogens with one attached hydrogen (secondary N) is 1. The number of carbonyl (C=O) groups is 1. The van der Waals surface area contributed by atoms with Crippen molar-refractivity contribution in [1.29, 1.82) is 0 Å². The van der Waals surface area contributed by atoms with Crippen molar-refractivity contribution >= 4 is 15.9 Å². The van der Waals surface area contributed by atoms with E-state index in [1.165, 1.54) is 0 Å². The smallest absolute Gasteiger partial charge is 0.243 e. The van der Waals surface area contributed by atoms with E-state index >= 15 is 0 Å². The molecule has 0 bridgehead atoms. The molecule has 144 valence electrons. The predicted molar refractivity (Wildman–Crippen MR) is 106 cm³/mol. The second-order valence-corrected chi connectivity index (χ2v) is 8.99. The summed E-state index contributed by atoms with van der Waals surface area (Å²) in [6.07, 6.45) is 3.22. The molecule has 27 heavy (non-hydrogen) atoms. The number of carbonyl (C=O) groups excluding carboxylic acids is 1. The van der Waals surface area contributed by atoms with Gasteiger partial charge in [0.15, 0.2) is 0 Å². The lowest BCUT2D eigenvalue weighted by Gasteiger charge is -2.26. The summed E-state index contributed by atoms with van der Waals surface area (Å²) in [4.78, 5) is 12.5. The molecule has 0 radical (unpaired) electrons. The van der Waals surface area contributed by atoms with Gasteiger partial charge in [-0.1, -0.05) is 48.4 Å². The SMILES string of the molecule is Cc1ccc(CC(=O)NCc2cccc(S(=O)(=O)N3CCCCC3)c2)cc1. The second-order valence-electron chi connectivity index (χ2n) is 7.05. The van der Waals surface area contributed by atoms with Gasteiger partial charge in [-0.3, -0.25) is 4.79 Å². The maximum absolute atomic E-state index is 12.8. The van der Waals surface area contributed by atoms with E-state index in [2.05, 4.69) is 5.32 Å². The van der Waals surface area contributed by atoms with Crippen molar-refractivity contribution in [2.45, 2.75) is 44.0 Å². The number of amides is 1. The lowest BCUT2D eigenvalue weighted by atomic mass is 10.1. The highest BCUT2D eigenvalue weighted by atomic mass is 32.2. The number of benzene rings is 2. The second kappa shape index (κ2) is 8.67. The molecule has 2 aromatic rings. The van der Waals surface area contributed by atoms with Gasteiger partial charge in [0.05, 0.1) is 11.3 Å². The number of piperidine rings is 1. The van der Waals surface area contributed by atoms with Crippen LogP contribution in [0.5, 0.6) is 0 Å². The Kier molecular flexibility index (Phi) is 6.29. The zero-order valence-electron chi connectivity index (χ0n) is 15.6. The van der Waals surface area contributed by atoms with E-state index < -0.39 is 10.0 Å². The molecule has 1 amide bonds. The quantitative estimate of drug-likeness (QED) is 0.830. The summed E-state index contributed by atoms with van der Waals surface area (Å²) in [5.41, 5.74) is 2.90. The molecule has 3 rings (SSSR count). The maximum Gasteiger partial charge on any atom is 0.243 e. The molecule has 2 aromatic carbocycles. The number of nitrogens with zero attached hydrogens (tertiary/aromatic N) is 1. The van der Waals surface area contributed by atoms with Crippen molar-refractivity contribution in [3.63, 3.8) is 0 Å². The molecule has 1 aliphatic rings. The molecule has 1 heterocycles. The molecule has 1 saturated heterocycles. The highest BCUT2D eigenvalue weighted by Crippen LogP contribution is 2.21. The molecule has 0 unspecified atom stereocenters. The number of hydrogen-bond donors (Lipinski definition) is 1. The molecule has 1 N–H and O–H groups in total. The molecule has 0 aromatic heterocycles. The molecule has 6 heteroatoms. The summed E-state index contributed by atoms with van der Waals surface area (Å²) < 4.78 is 27.1. The first-order valence-electron chi connectivity index (χ1n) is 9.36. The normalized spacial score (nSPS) is 15.4. The summed E-state index contributed by atoms with van der Waals surface area (Å²) in [6.45, 7) is 3.49. The molecule has 5 nitrogen and oxygen atoms in total. The van der Waals surface area contributed by atoms with Gasteiger partial charge in [0.25, 0.3) is 0 Å². The van der Waals surface area contributed by atoms with Crippen molar-refractivity contribution in [2.24, 2.45) is 0 Å². The van der Waals surface area contributed by atoms with Crippen LogP contribution in [0.3, 0.4) is 0 Å². The van der Waals surface area contributed by atoms with Crippen molar-refractivity contribution in [3.05, 3.63) is 65.2 Å². The maximum atomic E-state index is 12.8. The zero-order valence-corrected chi connectivity index (χ0v) is 16.5. The number of aryl methyl sites for hydroxylation is 1. The third-order valence-electron chi connectivity index (χ3n) is 4.83. The van der Waals surface area contributed by atoms with Crippen molar-refractivity contribution in [3.8, 4) is 0 Å². The Bertz CT molecular complexity index is 886. The minimum atomic E-state index is -3.46. The molecule has 1 aliphatic heterocycles. The van der Waals surface area contributed by atoms with Gasteiger partial charge in [-0.25, -0.2) is 8.42 Å². The van der Waals surface area contributed by atoms with Gasteiger partial charge < -0.3 is 5.32 Å². The van der Waals surface area contributed by atoms with E-state index in [0.717, 1.165) is 36.0 Å². The van der Waals surface area contributed by atoms with Crippen LogP contribution in [0.15, 0.2) is 53.4 Å². The van der Waals surface area contributed by atoms with Gasteiger partial charge in [-0.2, -0.15) is 4.31 Å². The van der Waals surface area contributed by atoms with Gasteiger partial charge in [0.1, 0.15) is 0 Å². The molecule has 0 atom stereocenters. The first kappa shape index (κ1) is 19.6. The molecule has 1 fully saturated rings. The topological polar surface area (TPSA) is 66.5 Å². The minimum Gasteiger partial charge on any atom is -0.352 e. The molecular formula is C21H26N2O3S. The summed E-state index contributed by atoms with van der Waals surface area (Å²) >= 11 is 0. The van der Waals surface area contributed by atoms with Crippen LogP contribution in [0.1, 0.15) is 36.0 Å². The average Bonchev–Trinajstić information content (AvgIpc) is 2.69. The highest BCUT2D eigenvalue weighted by molar-refractivity contribution is 7.89. The average molecular weight is 387 g/mol. The standard InChI is InChI=1S/C21H26N2O3S/c1-17-8-10-18(11-9-17)15-21(24)22-16-19-6-5-7-20(14-19)27(25,26)23-12-3-2-4-13-23/h5-11,14H,2-4,12-13,15-16H2,1H3,(H,22,24). The monoisotopic (exact) mass is 386 g/mol. The van der Waals surface area contributed by atoms with E-state index in [4.69, 9.17) is 0 Å². The van der Waals surface area contributed by atoms with E-state index in [-0.39, 0.29) is 5.91 Å². The zero-order chi connectivity index (χ0) is 19.3.